The Kier molecular flexibility index (Phi) is 10.7. The van der Waals surface area contributed by atoms with Gasteiger partial charge in [0.25, 0.3) is 10.0 Å². The fourth-order valence-corrected chi connectivity index (χ4v) is 7.09. The summed E-state index contributed by atoms with van der Waals surface area (Å²) in [7, 11) is -2.83. The minimum Gasteiger partial charge on any atom is -0.495 e. The second-order valence-electron chi connectivity index (χ2n) is 11.1. The molecule has 3 aromatic rings. The second kappa shape index (κ2) is 14.3. The van der Waals surface area contributed by atoms with Gasteiger partial charge in [0, 0.05) is 17.6 Å². The summed E-state index contributed by atoms with van der Waals surface area (Å²) in [5, 5.41) is 3.42. The molecule has 0 bridgehead atoms. The summed E-state index contributed by atoms with van der Waals surface area (Å²) in [6.07, 6.45) is 4.29. The van der Waals surface area contributed by atoms with Gasteiger partial charge >= 0.3 is 0 Å². The number of halogens is 1. The quantitative estimate of drug-likeness (QED) is 0.265. The predicted molar refractivity (Wildman–Crippen MR) is 170 cm³/mol. The first-order valence-corrected chi connectivity index (χ1v) is 16.4. The van der Waals surface area contributed by atoms with Crippen molar-refractivity contribution >= 4 is 39.1 Å². The summed E-state index contributed by atoms with van der Waals surface area (Å²) in [5.74, 6) is -0.513. The molecule has 2 amide bonds. The van der Waals surface area contributed by atoms with E-state index in [9.17, 15) is 18.0 Å². The van der Waals surface area contributed by atoms with Crippen LogP contribution in [0, 0.1) is 13.8 Å². The monoisotopic (exact) mass is 625 g/mol. The molecule has 1 saturated carbocycles. The SMILES string of the molecule is CCC(C(=O)NC1CCCC1)N(Cc1cccc(C)c1)C(=O)CN(c1cc(Cl)ccc1OC)S(=O)(=O)c1ccc(C)cc1. The first kappa shape index (κ1) is 32.4. The highest BCUT2D eigenvalue weighted by molar-refractivity contribution is 7.92. The number of anilines is 1. The summed E-state index contributed by atoms with van der Waals surface area (Å²) < 4.78 is 34.9. The van der Waals surface area contributed by atoms with Crippen LogP contribution in [0.2, 0.25) is 5.02 Å². The first-order chi connectivity index (χ1) is 20.5. The summed E-state index contributed by atoms with van der Waals surface area (Å²) >= 11 is 6.33. The zero-order valence-corrected chi connectivity index (χ0v) is 26.7. The Labute approximate surface area is 260 Å². The summed E-state index contributed by atoms with van der Waals surface area (Å²) in [6.45, 7) is 5.26. The van der Waals surface area contributed by atoms with Gasteiger partial charge in [-0.05, 0) is 69.0 Å². The number of rotatable bonds is 12. The molecule has 1 aliphatic rings. The number of methoxy groups -OCH3 is 1. The number of aryl methyl sites for hydroxylation is 2. The van der Waals surface area contributed by atoms with E-state index in [1.807, 2.05) is 45.0 Å². The van der Waals surface area contributed by atoms with Gasteiger partial charge in [0.05, 0.1) is 17.7 Å². The maximum absolute atomic E-state index is 14.3. The van der Waals surface area contributed by atoms with Crippen molar-refractivity contribution in [1.82, 2.24) is 10.2 Å². The van der Waals surface area contributed by atoms with Crippen LogP contribution in [0.5, 0.6) is 5.75 Å². The Bertz CT molecular complexity index is 1540. The van der Waals surface area contributed by atoms with Gasteiger partial charge in [-0.3, -0.25) is 13.9 Å². The van der Waals surface area contributed by atoms with Crippen molar-refractivity contribution < 1.29 is 22.7 Å². The molecule has 10 heteroatoms. The molecule has 0 spiro atoms. The molecule has 1 atom stereocenters. The molecule has 43 heavy (non-hydrogen) atoms. The molecule has 1 fully saturated rings. The molecule has 0 heterocycles. The van der Waals surface area contributed by atoms with Gasteiger partial charge in [0.15, 0.2) is 0 Å². The lowest BCUT2D eigenvalue weighted by molar-refractivity contribution is -0.140. The Morgan fingerprint density at radius 3 is 2.33 bits per heavy atom. The van der Waals surface area contributed by atoms with Gasteiger partial charge in [-0.25, -0.2) is 8.42 Å². The first-order valence-electron chi connectivity index (χ1n) is 14.6. The highest BCUT2D eigenvalue weighted by Gasteiger charge is 2.35. The van der Waals surface area contributed by atoms with Crippen molar-refractivity contribution in [3.05, 3.63) is 88.4 Å². The van der Waals surface area contributed by atoms with Crippen molar-refractivity contribution in [3.63, 3.8) is 0 Å². The molecule has 8 nitrogen and oxygen atoms in total. The minimum absolute atomic E-state index is 0.0178. The third-order valence-electron chi connectivity index (χ3n) is 7.82. The molecule has 4 rings (SSSR count). The van der Waals surface area contributed by atoms with Crippen molar-refractivity contribution in [2.75, 3.05) is 18.0 Å². The van der Waals surface area contributed by atoms with E-state index in [2.05, 4.69) is 5.32 Å². The smallest absolute Gasteiger partial charge is 0.264 e. The molecular weight excluding hydrogens is 586 g/mol. The van der Waals surface area contributed by atoms with E-state index >= 15 is 0 Å². The van der Waals surface area contributed by atoms with Crippen molar-refractivity contribution in [3.8, 4) is 5.75 Å². The van der Waals surface area contributed by atoms with Crippen LogP contribution >= 0.6 is 11.6 Å². The van der Waals surface area contributed by atoms with Gasteiger partial charge < -0.3 is 15.0 Å². The highest BCUT2D eigenvalue weighted by atomic mass is 35.5. The van der Waals surface area contributed by atoms with Gasteiger partial charge in [-0.2, -0.15) is 0 Å². The molecule has 0 radical (unpaired) electrons. The number of hydrogen-bond donors (Lipinski definition) is 1. The summed E-state index contributed by atoms with van der Waals surface area (Å²) in [4.78, 5) is 29.5. The summed E-state index contributed by atoms with van der Waals surface area (Å²) in [5.41, 5.74) is 2.88. The van der Waals surface area contributed by atoms with E-state index in [-0.39, 0.29) is 39.8 Å². The number of hydrogen-bond acceptors (Lipinski definition) is 5. The number of ether oxygens (including phenoxy) is 1. The number of amides is 2. The standard InChI is InChI=1S/C33H40ClN3O5S/c1-5-29(33(39)35-27-11-6-7-12-27)36(21-25-10-8-9-24(3)19-25)32(38)22-37(30-20-26(34)15-18-31(30)42-4)43(40,41)28-16-13-23(2)14-17-28/h8-10,13-20,27,29H,5-7,11-12,21-22H2,1-4H3,(H,35,39). The normalized spacial score (nSPS) is 14.3. The van der Waals surface area contributed by atoms with E-state index < -0.39 is 28.5 Å². The lowest BCUT2D eigenvalue weighted by Gasteiger charge is -2.34. The molecule has 0 aromatic heterocycles. The molecule has 0 saturated heterocycles. The number of sulfonamides is 1. The van der Waals surface area contributed by atoms with Crippen LogP contribution in [0.15, 0.2) is 71.6 Å². The highest BCUT2D eigenvalue weighted by Crippen LogP contribution is 2.35. The number of nitrogens with zero attached hydrogens (tertiary/aromatic N) is 2. The fourth-order valence-electron chi connectivity index (χ4n) is 5.50. The maximum atomic E-state index is 14.3. The van der Waals surface area contributed by atoms with Crippen molar-refractivity contribution in [2.45, 2.75) is 76.4 Å². The Morgan fingerprint density at radius 2 is 1.70 bits per heavy atom. The Hall–Kier alpha value is -3.56. The molecule has 0 aliphatic heterocycles. The van der Waals surface area contributed by atoms with Gasteiger partial charge in [-0.1, -0.05) is 78.9 Å². The van der Waals surface area contributed by atoms with Crippen molar-refractivity contribution in [1.29, 1.82) is 0 Å². The third kappa shape index (κ3) is 7.89. The molecule has 230 valence electrons. The maximum Gasteiger partial charge on any atom is 0.264 e. The van der Waals surface area contributed by atoms with E-state index in [1.54, 1.807) is 24.3 Å². The van der Waals surface area contributed by atoms with E-state index in [0.717, 1.165) is 46.7 Å². The topological polar surface area (TPSA) is 96.0 Å². The van der Waals surface area contributed by atoms with Crippen LogP contribution in [0.1, 0.15) is 55.7 Å². The Morgan fingerprint density at radius 1 is 1.00 bits per heavy atom. The number of nitrogens with one attached hydrogen (secondary N) is 1. The average molecular weight is 626 g/mol. The molecule has 1 unspecified atom stereocenters. The second-order valence-corrected chi connectivity index (χ2v) is 13.4. The van der Waals surface area contributed by atoms with E-state index in [4.69, 9.17) is 16.3 Å². The lowest BCUT2D eigenvalue weighted by Crippen LogP contribution is -2.53. The van der Waals surface area contributed by atoms with E-state index in [1.165, 1.54) is 30.2 Å². The summed E-state index contributed by atoms with van der Waals surface area (Å²) in [6, 6.07) is 18.0. The van der Waals surface area contributed by atoms with Crippen molar-refractivity contribution in [2.24, 2.45) is 0 Å². The third-order valence-corrected chi connectivity index (χ3v) is 9.83. The zero-order valence-electron chi connectivity index (χ0n) is 25.2. The molecule has 3 aromatic carbocycles. The zero-order chi connectivity index (χ0) is 31.1. The van der Waals surface area contributed by atoms with Crippen LogP contribution in [0.25, 0.3) is 0 Å². The molecular formula is C33H40ClN3O5S. The van der Waals surface area contributed by atoms with Gasteiger partial charge in [-0.15, -0.1) is 0 Å². The van der Waals surface area contributed by atoms with Crippen LogP contribution in [0.3, 0.4) is 0 Å². The fraction of sp³-hybridized carbons (Fsp3) is 0.394. The molecule has 1 N–H and O–H groups in total. The van der Waals surface area contributed by atoms with Crippen LogP contribution in [0.4, 0.5) is 5.69 Å². The van der Waals surface area contributed by atoms with Crippen LogP contribution in [-0.4, -0.2) is 50.9 Å². The van der Waals surface area contributed by atoms with Crippen LogP contribution in [-0.2, 0) is 26.2 Å². The largest absolute Gasteiger partial charge is 0.495 e. The van der Waals surface area contributed by atoms with Gasteiger partial charge in [0.1, 0.15) is 18.3 Å². The average Bonchev–Trinajstić information content (AvgIpc) is 3.49. The number of carbonyl (C=O) groups is 2. The molecule has 1 aliphatic carbocycles. The minimum atomic E-state index is -4.25. The van der Waals surface area contributed by atoms with Crippen LogP contribution < -0.4 is 14.4 Å². The number of carbonyl (C=O) groups excluding carboxylic acids is 2. The number of benzene rings is 3. The predicted octanol–water partition coefficient (Wildman–Crippen LogP) is 6.03. The lowest BCUT2D eigenvalue weighted by atomic mass is 10.1. The Balaban J connectivity index is 1.77. The van der Waals surface area contributed by atoms with Gasteiger partial charge in [0.2, 0.25) is 11.8 Å². The van der Waals surface area contributed by atoms with E-state index in [0.29, 0.717) is 6.42 Å².